The second kappa shape index (κ2) is 5.09. The lowest BCUT2D eigenvalue weighted by atomic mass is 9.83. The molecule has 0 aliphatic carbocycles. The standard InChI is InChI=1S/C15H14O5/c16-14(17)12-10-6-7-11(20-10)13(12)15(18)19-8-9-4-2-1-3-5-9/h1-7,10-13H,8H2,(H,16,17)/t10-,11+,12-,13+/m0/s1. The maximum Gasteiger partial charge on any atom is 0.313 e. The Balaban J connectivity index is 1.68. The number of carbonyl (C=O) groups is 2. The molecule has 0 radical (unpaired) electrons. The van der Waals surface area contributed by atoms with Crippen LogP contribution in [-0.2, 0) is 25.7 Å². The number of hydrogen-bond donors (Lipinski definition) is 1. The van der Waals surface area contributed by atoms with Gasteiger partial charge in [-0.1, -0.05) is 42.5 Å². The quantitative estimate of drug-likeness (QED) is 0.663. The van der Waals surface area contributed by atoms with E-state index in [-0.39, 0.29) is 6.61 Å². The van der Waals surface area contributed by atoms with Crippen molar-refractivity contribution in [2.45, 2.75) is 18.8 Å². The van der Waals surface area contributed by atoms with Crippen molar-refractivity contribution in [3.63, 3.8) is 0 Å². The summed E-state index contributed by atoms with van der Waals surface area (Å²) in [5.74, 6) is -3.15. The monoisotopic (exact) mass is 274 g/mol. The Labute approximate surface area is 115 Å². The van der Waals surface area contributed by atoms with Gasteiger partial charge < -0.3 is 14.6 Å². The van der Waals surface area contributed by atoms with Crippen molar-refractivity contribution >= 4 is 11.9 Å². The van der Waals surface area contributed by atoms with Crippen LogP contribution >= 0.6 is 0 Å². The average Bonchev–Trinajstić information content (AvgIpc) is 3.06. The van der Waals surface area contributed by atoms with Crippen molar-refractivity contribution in [2.75, 3.05) is 0 Å². The maximum absolute atomic E-state index is 12.1. The zero-order chi connectivity index (χ0) is 14.1. The average molecular weight is 274 g/mol. The zero-order valence-electron chi connectivity index (χ0n) is 10.6. The van der Waals surface area contributed by atoms with E-state index in [4.69, 9.17) is 9.47 Å². The first-order valence-corrected chi connectivity index (χ1v) is 6.44. The van der Waals surface area contributed by atoms with Gasteiger partial charge in [0.05, 0.1) is 12.2 Å². The topological polar surface area (TPSA) is 72.8 Å². The maximum atomic E-state index is 12.1. The smallest absolute Gasteiger partial charge is 0.313 e. The van der Waals surface area contributed by atoms with Crippen molar-refractivity contribution in [1.29, 1.82) is 0 Å². The van der Waals surface area contributed by atoms with Crippen molar-refractivity contribution in [3.05, 3.63) is 48.0 Å². The Morgan fingerprint density at radius 2 is 1.75 bits per heavy atom. The molecule has 0 amide bonds. The van der Waals surface area contributed by atoms with Crippen molar-refractivity contribution in [3.8, 4) is 0 Å². The molecule has 2 aliphatic rings. The van der Waals surface area contributed by atoms with Gasteiger partial charge >= 0.3 is 11.9 Å². The number of esters is 1. The van der Waals surface area contributed by atoms with Crippen LogP contribution < -0.4 is 0 Å². The molecule has 4 atom stereocenters. The van der Waals surface area contributed by atoms with Gasteiger partial charge in [-0.05, 0) is 5.56 Å². The minimum Gasteiger partial charge on any atom is -0.481 e. The Hall–Kier alpha value is -2.14. The molecule has 0 aromatic heterocycles. The van der Waals surface area contributed by atoms with Crippen LogP contribution in [0.4, 0.5) is 0 Å². The SMILES string of the molecule is O=C(O)[C@@H]1[C@H](C(=O)OCc2ccccc2)[C@H]2C=C[C@@H]1O2. The summed E-state index contributed by atoms with van der Waals surface area (Å²) in [7, 11) is 0. The third-order valence-electron chi connectivity index (χ3n) is 3.68. The summed E-state index contributed by atoms with van der Waals surface area (Å²) in [5.41, 5.74) is 0.868. The predicted molar refractivity (Wildman–Crippen MR) is 68.7 cm³/mol. The molecule has 2 heterocycles. The van der Waals surface area contributed by atoms with Gasteiger partial charge in [0.2, 0.25) is 0 Å². The van der Waals surface area contributed by atoms with E-state index in [1.807, 2.05) is 30.3 Å². The largest absolute Gasteiger partial charge is 0.481 e. The second-order valence-corrected chi connectivity index (χ2v) is 4.93. The van der Waals surface area contributed by atoms with Crippen molar-refractivity contribution in [2.24, 2.45) is 11.8 Å². The van der Waals surface area contributed by atoms with Gasteiger partial charge in [-0.15, -0.1) is 0 Å². The molecular weight excluding hydrogens is 260 g/mol. The Bertz CT molecular complexity index is 551. The van der Waals surface area contributed by atoms with E-state index in [0.717, 1.165) is 5.56 Å². The lowest BCUT2D eigenvalue weighted by molar-refractivity contribution is -0.157. The molecule has 5 nitrogen and oxygen atoms in total. The van der Waals surface area contributed by atoms with E-state index in [1.54, 1.807) is 12.2 Å². The summed E-state index contributed by atoms with van der Waals surface area (Å²) in [6, 6.07) is 9.28. The lowest BCUT2D eigenvalue weighted by Gasteiger charge is -2.20. The van der Waals surface area contributed by atoms with Gasteiger partial charge in [-0.3, -0.25) is 9.59 Å². The number of carboxylic acid groups (broad SMARTS) is 1. The highest BCUT2D eigenvalue weighted by Crippen LogP contribution is 2.40. The first-order chi connectivity index (χ1) is 9.66. The first-order valence-electron chi connectivity index (χ1n) is 6.44. The van der Waals surface area contributed by atoms with Crippen molar-refractivity contribution < 1.29 is 24.2 Å². The van der Waals surface area contributed by atoms with Crippen LogP contribution in [0.15, 0.2) is 42.5 Å². The van der Waals surface area contributed by atoms with E-state index >= 15 is 0 Å². The summed E-state index contributed by atoms with van der Waals surface area (Å²) >= 11 is 0. The molecule has 1 aromatic carbocycles. The summed E-state index contributed by atoms with van der Waals surface area (Å²) in [5, 5.41) is 9.22. The highest BCUT2D eigenvalue weighted by molar-refractivity contribution is 5.84. The van der Waals surface area contributed by atoms with Gasteiger partial charge in [0, 0.05) is 0 Å². The predicted octanol–water partition coefficient (Wildman–Crippen LogP) is 1.38. The number of ether oxygens (including phenoxy) is 2. The highest BCUT2D eigenvalue weighted by Gasteiger charge is 2.54. The van der Waals surface area contributed by atoms with Gasteiger partial charge in [0.15, 0.2) is 0 Å². The van der Waals surface area contributed by atoms with Crippen molar-refractivity contribution in [1.82, 2.24) is 0 Å². The molecule has 0 unspecified atom stereocenters. The van der Waals surface area contributed by atoms with Gasteiger partial charge in [-0.25, -0.2) is 0 Å². The summed E-state index contributed by atoms with van der Waals surface area (Å²) in [6.07, 6.45) is 2.43. The third kappa shape index (κ3) is 2.20. The minimum absolute atomic E-state index is 0.142. The molecular formula is C15H14O5. The molecule has 1 N–H and O–H groups in total. The summed E-state index contributed by atoms with van der Waals surface area (Å²) in [4.78, 5) is 23.4. The number of hydrogen-bond acceptors (Lipinski definition) is 4. The van der Waals surface area contributed by atoms with Gasteiger partial charge in [-0.2, -0.15) is 0 Å². The fraction of sp³-hybridized carbons (Fsp3) is 0.333. The molecule has 5 heteroatoms. The molecule has 1 aromatic rings. The fourth-order valence-corrected chi connectivity index (χ4v) is 2.71. The molecule has 20 heavy (non-hydrogen) atoms. The Kier molecular flexibility index (Phi) is 3.28. The van der Waals surface area contributed by atoms with Gasteiger partial charge in [0.1, 0.15) is 18.4 Å². The molecule has 0 saturated carbocycles. The van der Waals surface area contributed by atoms with Gasteiger partial charge in [0.25, 0.3) is 0 Å². The van der Waals surface area contributed by atoms with E-state index in [2.05, 4.69) is 0 Å². The normalized spacial score (nSPS) is 30.4. The highest BCUT2D eigenvalue weighted by atomic mass is 16.5. The fourth-order valence-electron chi connectivity index (χ4n) is 2.71. The number of rotatable bonds is 4. The van der Waals surface area contributed by atoms with E-state index in [1.165, 1.54) is 0 Å². The molecule has 3 rings (SSSR count). The molecule has 1 saturated heterocycles. The van der Waals surface area contributed by atoms with E-state index < -0.39 is 36.0 Å². The van der Waals surface area contributed by atoms with Crippen LogP contribution in [-0.4, -0.2) is 29.3 Å². The number of aliphatic carboxylic acids is 1. The van der Waals surface area contributed by atoms with E-state index in [9.17, 15) is 14.7 Å². The van der Waals surface area contributed by atoms with Crippen LogP contribution in [0, 0.1) is 11.8 Å². The number of carboxylic acids is 1. The van der Waals surface area contributed by atoms with Crippen LogP contribution in [0.5, 0.6) is 0 Å². The number of fused-ring (bicyclic) bond motifs is 2. The first kappa shape index (κ1) is 12.9. The van der Waals surface area contributed by atoms with Crippen LogP contribution in [0.2, 0.25) is 0 Å². The Morgan fingerprint density at radius 3 is 2.40 bits per heavy atom. The summed E-state index contributed by atoms with van der Waals surface area (Å²) < 4.78 is 10.7. The van der Waals surface area contributed by atoms with Crippen LogP contribution in [0.25, 0.3) is 0 Å². The van der Waals surface area contributed by atoms with Crippen LogP contribution in [0.1, 0.15) is 5.56 Å². The molecule has 104 valence electrons. The second-order valence-electron chi connectivity index (χ2n) is 4.93. The summed E-state index contributed by atoms with van der Waals surface area (Å²) in [6.45, 7) is 0.142. The molecule has 2 aliphatic heterocycles. The molecule has 2 bridgehead atoms. The third-order valence-corrected chi connectivity index (χ3v) is 3.68. The Morgan fingerprint density at radius 1 is 1.10 bits per heavy atom. The lowest BCUT2D eigenvalue weighted by Crippen LogP contribution is -2.37. The molecule has 1 fully saturated rings. The van der Waals surface area contributed by atoms with Crippen LogP contribution in [0.3, 0.4) is 0 Å². The molecule has 0 spiro atoms. The number of carbonyl (C=O) groups excluding carboxylic acids is 1. The zero-order valence-corrected chi connectivity index (χ0v) is 10.6. The van der Waals surface area contributed by atoms with E-state index in [0.29, 0.717) is 0 Å². The number of benzene rings is 1. The minimum atomic E-state index is -1.02.